The Kier molecular flexibility index (Phi) is 5.40. The smallest absolute Gasteiger partial charge is 0.246 e. The number of rotatable bonds is 9. The molecule has 0 aromatic carbocycles. The zero-order valence-corrected chi connectivity index (χ0v) is 13.9. The van der Waals surface area contributed by atoms with Crippen molar-refractivity contribution in [3.63, 3.8) is 0 Å². The summed E-state index contributed by atoms with van der Waals surface area (Å²) in [6.45, 7) is 7.80. The summed E-state index contributed by atoms with van der Waals surface area (Å²) < 4.78 is 28.5. The number of sulfonamides is 1. The summed E-state index contributed by atoms with van der Waals surface area (Å²) in [4.78, 5) is 0.288. The van der Waals surface area contributed by atoms with Gasteiger partial charge >= 0.3 is 0 Å². The highest BCUT2D eigenvalue weighted by Gasteiger charge is 2.28. The molecule has 1 N–H and O–H groups in total. The second kappa shape index (κ2) is 6.89. The molecule has 6 nitrogen and oxygen atoms in total. The molecule has 1 aliphatic rings. The Bertz CT molecular complexity index is 551. The van der Waals surface area contributed by atoms with E-state index in [1.165, 1.54) is 23.3 Å². The third-order valence-corrected chi connectivity index (χ3v) is 6.00. The molecule has 1 atom stereocenters. The molecule has 7 heteroatoms. The van der Waals surface area contributed by atoms with Crippen molar-refractivity contribution in [2.75, 3.05) is 13.1 Å². The molecule has 0 aliphatic heterocycles. The lowest BCUT2D eigenvalue weighted by Crippen LogP contribution is -2.37. The Morgan fingerprint density at radius 1 is 1.48 bits per heavy atom. The number of hydrogen-bond donors (Lipinski definition) is 1. The Balaban J connectivity index is 2.03. The average molecular weight is 314 g/mol. The van der Waals surface area contributed by atoms with Gasteiger partial charge in [-0.3, -0.25) is 4.68 Å². The average Bonchev–Trinajstić information content (AvgIpc) is 3.14. The van der Waals surface area contributed by atoms with Crippen molar-refractivity contribution in [1.29, 1.82) is 0 Å². The fourth-order valence-corrected chi connectivity index (χ4v) is 4.00. The molecule has 0 radical (unpaired) electrons. The molecule has 120 valence electrons. The van der Waals surface area contributed by atoms with Crippen LogP contribution in [0.2, 0.25) is 0 Å². The molecule has 1 saturated carbocycles. The van der Waals surface area contributed by atoms with Gasteiger partial charge in [-0.1, -0.05) is 13.8 Å². The molecule has 1 aromatic rings. The van der Waals surface area contributed by atoms with E-state index in [4.69, 9.17) is 0 Å². The van der Waals surface area contributed by atoms with E-state index in [2.05, 4.69) is 10.4 Å². The minimum absolute atomic E-state index is 0.000108. The van der Waals surface area contributed by atoms with E-state index < -0.39 is 10.0 Å². The van der Waals surface area contributed by atoms with Crippen LogP contribution in [0, 0.1) is 0 Å². The van der Waals surface area contributed by atoms with Crippen molar-refractivity contribution >= 4 is 10.0 Å². The minimum atomic E-state index is -3.44. The summed E-state index contributed by atoms with van der Waals surface area (Å²) in [5.74, 6) is 0. The first kappa shape index (κ1) is 16.5. The Morgan fingerprint density at radius 2 is 2.19 bits per heavy atom. The van der Waals surface area contributed by atoms with Gasteiger partial charge in [0.2, 0.25) is 10.0 Å². The highest BCUT2D eigenvalue weighted by atomic mass is 32.2. The zero-order valence-electron chi connectivity index (χ0n) is 13.1. The second-order valence-electron chi connectivity index (χ2n) is 5.63. The van der Waals surface area contributed by atoms with Crippen LogP contribution in [0.5, 0.6) is 0 Å². The topological polar surface area (TPSA) is 67.2 Å². The van der Waals surface area contributed by atoms with E-state index in [1.54, 1.807) is 10.9 Å². The maximum absolute atomic E-state index is 12.6. The van der Waals surface area contributed by atoms with Gasteiger partial charge in [0.05, 0.1) is 12.7 Å². The zero-order chi connectivity index (χ0) is 15.5. The van der Waals surface area contributed by atoms with Crippen LogP contribution in [0.3, 0.4) is 0 Å². The number of nitrogens with zero attached hydrogens (tertiary/aromatic N) is 3. The van der Waals surface area contributed by atoms with Gasteiger partial charge in [-0.05, 0) is 26.2 Å². The highest BCUT2D eigenvalue weighted by Crippen LogP contribution is 2.19. The maximum Gasteiger partial charge on any atom is 0.246 e. The lowest BCUT2D eigenvalue weighted by molar-refractivity contribution is 0.342. The van der Waals surface area contributed by atoms with Gasteiger partial charge in [-0.25, -0.2) is 8.42 Å². The molecule has 2 rings (SSSR count). The van der Waals surface area contributed by atoms with Crippen LogP contribution in [0.4, 0.5) is 0 Å². The van der Waals surface area contributed by atoms with Crippen LogP contribution < -0.4 is 5.32 Å². The maximum atomic E-state index is 12.6. The molecule has 1 aromatic heterocycles. The Morgan fingerprint density at radius 3 is 2.76 bits per heavy atom. The quantitative estimate of drug-likeness (QED) is 0.749. The van der Waals surface area contributed by atoms with Gasteiger partial charge < -0.3 is 5.32 Å². The first-order valence-corrected chi connectivity index (χ1v) is 9.20. The summed E-state index contributed by atoms with van der Waals surface area (Å²) >= 11 is 0. The third-order valence-electron chi connectivity index (χ3n) is 3.96. The van der Waals surface area contributed by atoms with Crippen molar-refractivity contribution < 1.29 is 8.42 Å². The van der Waals surface area contributed by atoms with Gasteiger partial charge in [0.25, 0.3) is 0 Å². The highest BCUT2D eigenvalue weighted by molar-refractivity contribution is 7.89. The van der Waals surface area contributed by atoms with Crippen LogP contribution in [0.25, 0.3) is 0 Å². The summed E-state index contributed by atoms with van der Waals surface area (Å²) in [5.41, 5.74) is 0. The monoisotopic (exact) mass is 314 g/mol. The molecule has 0 spiro atoms. The molecular formula is C14H26N4O2S. The van der Waals surface area contributed by atoms with E-state index in [-0.39, 0.29) is 10.9 Å². The van der Waals surface area contributed by atoms with Gasteiger partial charge in [0, 0.05) is 31.4 Å². The standard InChI is InChI=1S/C14H26N4O2S/c1-4-12(3)18(5-2)21(19,20)14-10-16-17(11-14)9-8-15-13-6-7-13/h10-13,15H,4-9H2,1-3H3. The third kappa shape index (κ3) is 4.05. The summed E-state index contributed by atoms with van der Waals surface area (Å²) in [5, 5.41) is 7.57. The van der Waals surface area contributed by atoms with Crippen molar-refractivity contribution in [1.82, 2.24) is 19.4 Å². The van der Waals surface area contributed by atoms with Gasteiger partial charge in [-0.15, -0.1) is 0 Å². The van der Waals surface area contributed by atoms with E-state index in [9.17, 15) is 8.42 Å². The molecule has 1 fully saturated rings. The Labute approximate surface area is 127 Å². The lowest BCUT2D eigenvalue weighted by atomic mass is 10.3. The van der Waals surface area contributed by atoms with Crippen LogP contribution in [-0.4, -0.2) is 47.7 Å². The predicted molar refractivity (Wildman–Crippen MR) is 82.6 cm³/mol. The summed E-state index contributed by atoms with van der Waals surface area (Å²) in [6, 6.07) is 0.657. The second-order valence-corrected chi connectivity index (χ2v) is 7.52. The SMILES string of the molecule is CCC(C)N(CC)S(=O)(=O)c1cnn(CCNC2CC2)c1. The molecule has 1 unspecified atom stereocenters. The molecule has 0 saturated heterocycles. The molecule has 1 aliphatic carbocycles. The van der Waals surface area contributed by atoms with E-state index in [0.717, 1.165) is 13.0 Å². The van der Waals surface area contributed by atoms with Crippen LogP contribution in [0.15, 0.2) is 17.3 Å². The largest absolute Gasteiger partial charge is 0.312 e. The molecule has 0 bridgehead atoms. The van der Waals surface area contributed by atoms with Crippen LogP contribution >= 0.6 is 0 Å². The van der Waals surface area contributed by atoms with Gasteiger partial charge in [0.1, 0.15) is 4.90 Å². The fraction of sp³-hybridized carbons (Fsp3) is 0.786. The first-order valence-electron chi connectivity index (χ1n) is 7.76. The first-order chi connectivity index (χ1) is 9.98. The molecule has 21 heavy (non-hydrogen) atoms. The van der Waals surface area contributed by atoms with Crippen molar-refractivity contribution in [3.8, 4) is 0 Å². The Hall–Kier alpha value is -0.920. The van der Waals surface area contributed by atoms with Gasteiger partial charge in [-0.2, -0.15) is 9.40 Å². The van der Waals surface area contributed by atoms with Crippen molar-refractivity contribution in [2.24, 2.45) is 0 Å². The normalized spacial score (nSPS) is 17.3. The lowest BCUT2D eigenvalue weighted by Gasteiger charge is -2.25. The van der Waals surface area contributed by atoms with E-state index in [0.29, 0.717) is 19.1 Å². The minimum Gasteiger partial charge on any atom is -0.312 e. The molecule has 1 heterocycles. The number of hydrogen-bond acceptors (Lipinski definition) is 4. The molecular weight excluding hydrogens is 288 g/mol. The van der Waals surface area contributed by atoms with Gasteiger partial charge in [0.15, 0.2) is 0 Å². The van der Waals surface area contributed by atoms with Crippen LogP contribution in [-0.2, 0) is 16.6 Å². The number of nitrogens with one attached hydrogen (secondary N) is 1. The van der Waals surface area contributed by atoms with Crippen LogP contribution in [0.1, 0.15) is 40.0 Å². The molecule has 0 amide bonds. The summed E-state index contributed by atoms with van der Waals surface area (Å²) in [7, 11) is -3.44. The van der Waals surface area contributed by atoms with E-state index >= 15 is 0 Å². The van der Waals surface area contributed by atoms with Crippen molar-refractivity contribution in [2.45, 2.75) is 63.6 Å². The summed E-state index contributed by atoms with van der Waals surface area (Å²) in [6.07, 6.45) is 6.39. The fourth-order valence-electron chi connectivity index (χ4n) is 2.33. The predicted octanol–water partition coefficient (Wildman–Crippen LogP) is 1.44. The number of aromatic nitrogens is 2. The van der Waals surface area contributed by atoms with E-state index in [1.807, 2.05) is 20.8 Å². The van der Waals surface area contributed by atoms with Crippen molar-refractivity contribution in [3.05, 3.63) is 12.4 Å².